The van der Waals surface area contributed by atoms with Crippen LogP contribution < -0.4 is 11.1 Å². The molecule has 1 atom stereocenters. The van der Waals surface area contributed by atoms with Gasteiger partial charge in [0.1, 0.15) is 5.01 Å². The molecule has 1 unspecified atom stereocenters. The molecule has 0 saturated heterocycles. The van der Waals surface area contributed by atoms with Crippen molar-refractivity contribution >= 4 is 17.2 Å². The molecule has 18 heavy (non-hydrogen) atoms. The molecule has 0 saturated carbocycles. The second-order valence-corrected chi connectivity index (χ2v) is 6.61. The van der Waals surface area contributed by atoms with Crippen molar-refractivity contribution < 1.29 is 4.79 Å². The van der Waals surface area contributed by atoms with Crippen LogP contribution in [0.5, 0.6) is 0 Å². The summed E-state index contributed by atoms with van der Waals surface area (Å²) in [4.78, 5) is 16.1. The topological polar surface area (TPSA) is 68.0 Å². The maximum atomic E-state index is 11.5. The number of rotatable bonds is 5. The Morgan fingerprint density at radius 1 is 1.56 bits per heavy atom. The largest absolute Gasteiger partial charge is 0.350 e. The lowest BCUT2D eigenvalue weighted by molar-refractivity contribution is -0.121. The molecule has 1 amide bonds. The van der Waals surface area contributed by atoms with Crippen LogP contribution in [0.4, 0.5) is 0 Å². The fourth-order valence-corrected chi connectivity index (χ4v) is 2.32. The number of amides is 1. The Morgan fingerprint density at radius 2 is 2.22 bits per heavy atom. The summed E-state index contributed by atoms with van der Waals surface area (Å²) in [6.45, 7) is 8.81. The van der Waals surface area contributed by atoms with Gasteiger partial charge in [0.2, 0.25) is 5.91 Å². The van der Waals surface area contributed by atoms with Crippen molar-refractivity contribution in [1.29, 1.82) is 0 Å². The molecule has 1 rings (SSSR count). The minimum Gasteiger partial charge on any atom is -0.350 e. The lowest BCUT2D eigenvalue weighted by Gasteiger charge is -2.14. The fourth-order valence-electron chi connectivity index (χ4n) is 1.36. The Hall–Kier alpha value is -0.940. The van der Waals surface area contributed by atoms with E-state index in [0.29, 0.717) is 13.0 Å². The minimum atomic E-state index is 0.0415. The summed E-state index contributed by atoms with van der Waals surface area (Å²) in [6.07, 6.45) is 1.20. The number of hydrogen-bond donors (Lipinski definition) is 2. The molecule has 0 bridgehead atoms. The number of nitrogens with two attached hydrogens (primary N) is 1. The highest BCUT2D eigenvalue weighted by molar-refractivity contribution is 7.09. The molecule has 0 aromatic carbocycles. The standard InChI is InChI=1S/C13H23N3OS/c1-9(14)5-6-11(17)15-7-12-16-10(8-18-12)13(2,3)4/h8-9H,5-7,14H2,1-4H3,(H,15,17). The first kappa shape index (κ1) is 15.1. The van der Waals surface area contributed by atoms with Gasteiger partial charge >= 0.3 is 0 Å². The van der Waals surface area contributed by atoms with Gasteiger partial charge in [-0.15, -0.1) is 11.3 Å². The van der Waals surface area contributed by atoms with Gasteiger partial charge < -0.3 is 11.1 Å². The van der Waals surface area contributed by atoms with E-state index in [1.807, 2.05) is 6.92 Å². The zero-order chi connectivity index (χ0) is 13.8. The third-order valence-electron chi connectivity index (χ3n) is 2.58. The Bertz CT molecular complexity index is 393. The van der Waals surface area contributed by atoms with Crippen molar-refractivity contribution in [2.24, 2.45) is 5.73 Å². The average molecular weight is 269 g/mol. The van der Waals surface area contributed by atoms with Gasteiger partial charge in [-0.2, -0.15) is 0 Å². The lowest BCUT2D eigenvalue weighted by atomic mass is 9.93. The Morgan fingerprint density at radius 3 is 2.72 bits per heavy atom. The highest BCUT2D eigenvalue weighted by Crippen LogP contribution is 2.23. The summed E-state index contributed by atoms with van der Waals surface area (Å²) < 4.78 is 0. The van der Waals surface area contributed by atoms with E-state index < -0.39 is 0 Å². The minimum absolute atomic E-state index is 0.0415. The third-order valence-corrected chi connectivity index (χ3v) is 3.43. The van der Waals surface area contributed by atoms with Crippen LogP contribution in [0.15, 0.2) is 5.38 Å². The Labute approximate surface area is 113 Å². The SMILES string of the molecule is CC(N)CCC(=O)NCc1nc(C(C)(C)C)cs1. The number of thiazole rings is 1. The second-order valence-electron chi connectivity index (χ2n) is 5.67. The van der Waals surface area contributed by atoms with Gasteiger partial charge in [0.25, 0.3) is 0 Å². The second kappa shape index (κ2) is 6.29. The normalized spacial score (nSPS) is 13.4. The van der Waals surface area contributed by atoms with E-state index in [4.69, 9.17) is 5.73 Å². The van der Waals surface area contributed by atoms with E-state index >= 15 is 0 Å². The van der Waals surface area contributed by atoms with Gasteiger partial charge in [-0.05, 0) is 13.3 Å². The molecule has 0 spiro atoms. The molecule has 0 aliphatic rings. The van der Waals surface area contributed by atoms with E-state index in [1.165, 1.54) is 0 Å². The van der Waals surface area contributed by atoms with Crippen molar-refractivity contribution in [2.75, 3.05) is 0 Å². The van der Waals surface area contributed by atoms with Gasteiger partial charge in [-0.3, -0.25) is 4.79 Å². The molecule has 5 heteroatoms. The molecule has 4 nitrogen and oxygen atoms in total. The van der Waals surface area contributed by atoms with Crippen molar-refractivity contribution in [1.82, 2.24) is 10.3 Å². The van der Waals surface area contributed by atoms with Crippen molar-refractivity contribution in [3.63, 3.8) is 0 Å². The van der Waals surface area contributed by atoms with Gasteiger partial charge in [-0.25, -0.2) is 4.98 Å². The molecule has 1 heterocycles. The molecular formula is C13H23N3OS. The number of carbonyl (C=O) groups is 1. The van der Waals surface area contributed by atoms with E-state index in [2.05, 4.69) is 36.5 Å². The van der Waals surface area contributed by atoms with Crippen molar-refractivity contribution in [3.8, 4) is 0 Å². The van der Waals surface area contributed by atoms with E-state index in [9.17, 15) is 4.79 Å². The van der Waals surface area contributed by atoms with Crippen LogP contribution in [-0.4, -0.2) is 16.9 Å². The van der Waals surface area contributed by atoms with Crippen molar-refractivity contribution in [3.05, 3.63) is 16.1 Å². The molecule has 3 N–H and O–H groups in total. The zero-order valence-corrected chi connectivity index (χ0v) is 12.4. The molecule has 0 aliphatic heterocycles. The van der Waals surface area contributed by atoms with Gasteiger partial charge in [0.15, 0.2) is 0 Å². The van der Waals surface area contributed by atoms with Crippen LogP contribution in [0.3, 0.4) is 0 Å². The predicted octanol–water partition coefficient (Wildman–Crippen LogP) is 2.18. The first-order valence-electron chi connectivity index (χ1n) is 6.26. The number of carbonyl (C=O) groups excluding carboxylic acids is 1. The molecule has 0 radical (unpaired) electrons. The first-order chi connectivity index (χ1) is 8.29. The highest BCUT2D eigenvalue weighted by atomic mass is 32.1. The number of nitrogens with one attached hydrogen (secondary N) is 1. The molecule has 0 fully saturated rings. The van der Waals surface area contributed by atoms with Crippen LogP contribution in [0, 0.1) is 0 Å². The number of nitrogens with zero attached hydrogens (tertiary/aromatic N) is 1. The summed E-state index contributed by atoms with van der Waals surface area (Å²) in [5, 5.41) is 5.88. The lowest BCUT2D eigenvalue weighted by Crippen LogP contribution is -2.25. The molecule has 1 aromatic rings. The van der Waals surface area contributed by atoms with Crippen LogP contribution >= 0.6 is 11.3 Å². The van der Waals surface area contributed by atoms with Gasteiger partial charge in [-0.1, -0.05) is 20.8 Å². The van der Waals surface area contributed by atoms with Gasteiger partial charge in [0, 0.05) is 23.3 Å². The Kier molecular flexibility index (Phi) is 5.28. The summed E-state index contributed by atoms with van der Waals surface area (Å²) in [6, 6.07) is 0.0723. The third kappa shape index (κ3) is 5.14. The molecule has 102 valence electrons. The molecule has 0 aliphatic carbocycles. The summed E-state index contributed by atoms with van der Waals surface area (Å²) in [5.74, 6) is 0.0415. The Balaban J connectivity index is 2.40. The summed E-state index contributed by atoms with van der Waals surface area (Å²) >= 11 is 1.59. The summed E-state index contributed by atoms with van der Waals surface area (Å²) in [7, 11) is 0. The zero-order valence-electron chi connectivity index (χ0n) is 11.6. The fraction of sp³-hybridized carbons (Fsp3) is 0.692. The number of hydrogen-bond acceptors (Lipinski definition) is 4. The van der Waals surface area contributed by atoms with E-state index in [-0.39, 0.29) is 17.4 Å². The quantitative estimate of drug-likeness (QED) is 0.861. The van der Waals surface area contributed by atoms with Crippen LogP contribution in [-0.2, 0) is 16.8 Å². The number of aromatic nitrogens is 1. The van der Waals surface area contributed by atoms with Crippen LogP contribution in [0.25, 0.3) is 0 Å². The maximum absolute atomic E-state index is 11.5. The van der Waals surface area contributed by atoms with Crippen LogP contribution in [0.2, 0.25) is 0 Å². The molecule has 1 aromatic heterocycles. The van der Waals surface area contributed by atoms with E-state index in [1.54, 1.807) is 11.3 Å². The van der Waals surface area contributed by atoms with E-state index in [0.717, 1.165) is 17.1 Å². The maximum Gasteiger partial charge on any atom is 0.220 e. The van der Waals surface area contributed by atoms with Crippen molar-refractivity contribution in [2.45, 2.75) is 58.5 Å². The predicted molar refractivity (Wildman–Crippen MR) is 75.5 cm³/mol. The highest BCUT2D eigenvalue weighted by Gasteiger charge is 2.17. The monoisotopic (exact) mass is 269 g/mol. The first-order valence-corrected chi connectivity index (χ1v) is 7.14. The molecular weight excluding hydrogens is 246 g/mol. The van der Waals surface area contributed by atoms with Crippen LogP contribution in [0.1, 0.15) is 51.2 Å². The smallest absolute Gasteiger partial charge is 0.220 e. The average Bonchev–Trinajstić information content (AvgIpc) is 2.71. The van der Waals surface area contributed by atoms with Gasteiger partial charge in [0.05, 0.1) is 12.2 Å². The summed E-state index contributed by atoms with van der Waals surface area (Å²) in [5.41, 5.74) is 6.75.